The molecule has 0 fully saturated rings. The third kappa shape index (κ3) is 2.27. The molecule has 112 valence electrons. The molecule has 0 atom stereocenters. The molecule has 23 heavy (non-hydrogen) atoms. The van der Waals surface area contributed by atoms with Crippen LogP contribution in [0.2, 0.25) is 0 Å². The van der Waals surface area contributed by atoms with E-state index >= 15 is 0 Å². The molecular weight excluding hydrogens is 284 g/mol. The van der Waals surface area contributed by atoms with Crippen LogP contribution in [0, 0.1) is 0 Å². The first-order valence-corrected chi connectivity index (χ1v) is 7.60. The summed E-state index contributed by atoms with van der Waals surface area (Å²) in [5, 5.41) is 0. The van der Waals surface area contributed by atoms with Crippen molar-refractivity contribution in [2.75, 3.05) is 10.6 Å². The number of fused-ring (bicyclic) bond motifs is 1. The minimum Gasteiger partial charge on any atom is -0.399 e. The first kappa shape index (κ1) is 13.6. The number of benzene rings is 3. The molecule has 4 rings (SSSR count). The molecule has 0 bridgehead atoms. The highest BCUT2D eigenvalue weighted by Gasteiger charge is 2.29. The number of nitrogens with two attached hydrogens (primary N) is 1. The van der Waals surface area contributed by atoms with Crippen LogP contribution in [-0.2, 0) is 11.2 Å². The smallest absolute Gasteiger partial charge is 0.236 e. The van der Waals surface area contributed by atoms with Gasteiger partial charge in [-0.1, -0.05) is 48.5 Å². The van der Waals surface area contributed by atoms with Gasteiger partial charge in [0.2, 0.25) is 5.91 Å². The average Bonchev–Trinajstić information content (AvgIpc) is 2.91. The quantitative estimate of drug-likeness (QED) is 0.722. The highest BCUT2D eigenvalue weighted by Crippen LogP contribution is 2.40. The lowest BCUT2D eigenvalue weighted by Crippen LogP contribution is -2.21. The van der Waals surface area contributed by atoms with Gasteiger partial charge in [-0.05, 0) is 35.4 Å². The van der Waals surface area contributed by atoms with Crippen molar-refractivity contribution in [1.82, 2.24) is 0 Å². The monoisotopic (exact) mass is 300 g/mol. The molecule has 1 aliphatic rings. The summed E-state index contributed by atoms with van der Waals surface area (Å²) in [4.78, 5) is 14.4. The fourth-order valence-corrected chi connectivity index (χ4v) is 3.09. The molecule has 1 heterocycles. The van der Waals surface area contributed by atoms with Crippen LogP contribution in [0.3, 0.4) is 0 Å². The van der Waals surface area contributed by atoms with E-state index in [-0.39, 0.29) is 5.91 Å². The van der Waals surface area contributed by atoms with Crippen LogP contribution in [0.1, 0.15) is 5.56 Å². The van der Waals surface area contributed by atoms with Crippen molar-refractivity contribution in [3.05, 3.63) is 78.4 Å². The van der Waals surface area contributed by atoms with E-state index in [9.17, 15) is 4.79 Å². The summed E-state index contributed by atoms with van der Waals surface area (Å²) in [6.07, 6.45) is 0.451. The number of carbonyl (C=O) groups excluding carboxylic acids is 1. The molecule has 0 radical (unpaired) electrons. The molecule has 3 heteroatoms. The number of amides is 1. The summed E-state index contributed by atoms with van der Waals surface area (Å²) in [5.74, 6) is 0.106. The highest BCUT2D eigenvalue weighted by molar-refractivity contribution is 6.09. The molecule has 3 nitrogen and oxygen atoms in total. The third-order valence-corrected chi connectivity index (χ3v) is 4.19. The second-order valence-corrected chi connectivity index (χ2v) is 5.67. The van der Waals surface area contributed by atoms with Gasteiger partial charge in [0.15, 0.2) is 0 Å². The molecule has 0 unspecified atom stereocenters. The van der Waals surface area contributed by atoms with Gasteiger partial charge in [-0.25, -0.2) is 0 Å². The average molecular weight is 300 g/mol. The molecule has 3 aromatic carbocycles. The predicted molar refractivity (Wildman–Crippen MR) is 93.6 cm³/mol. The number of nitrogen functional groups attached to an aromatic ring is 1. The summed E-state index contributed by atoms with van der Waals surface area (Å²) in [6, 6.07) is 23.7. The molecule has 0 aliphatic carbocycles. The van der Waals surface area contributed by atoms with Gasteiger partial charge in [0.05, 0.1) is 17.8 Å². The normalized spacial score (nSPS) is 13.2. The van der Waals surface area contributed by atoms with Crippen LogP contribution in [-0.4, -0.2) is 5.91 Å². The van der Waals surface area contributed by atoms with Crippen molar-refractivity contribution in [2.45, 2.75) is 6.42 Å². The van der Waals surface area contributed by atoms with E-state index in [0.717, 1.165) is 33.8 Å². The molecule has 3 aromatic rings. The number of carbonyl (C=O) groups is 1. The number of nitrogens with zero attached hydrogens (tertiary/aromatic N) is 1. The topological polar surface area (TPSA) is 46.3 Å². The number of anilines is 3. The molecule has 1 aliphatic heterocycles. The number of hydrogen-bond donors (Lipinski definition) is 1. The van der Waals surface area contributed by atoms with E-state index in [4.69, 9.17) is 5.73 Å². The lowest BCUT2D eigenvalue weighted by atomic mass is 10.0. The van der Waals surface area contributed by atoms with Crippen LogP contribution in [0.15, 0.2) is 72.8 Å². The molecule has 0 saturated carbocycles. The Labute approximate surface area is 135 Å². The second kappa shape index (κ2) is 5.29. The Morgan fingerprint density at radius 1 is 0.783 bits per heavy atom. The maximum Gasteiger partial charge on any atom is 0.236 e. The number of rotatable bonds is 2. The van der Waals surface area contributed by atoms with Crippen molar-refractivity contribution < 1.29 is 4.79 Å². The SMILES string of the molecule is Nc1ccc(-c2ccccc2N2C(=O)Cc3ccccc32)cc1. The van der Waals surface area contributed by atoms with Crippen molar-refractivity contribution in [1.29, 1.82) is 0 Å². The molecule has 0 aromatic heterocycles. The molecule has 0 saturated heterocycles. The van der Waals surface area contributed by atoms with Crippen molar-refractivity contribution in [3.63, 3.8) is 0 Å². The van der Waals surface area contributed by atoms with Gasteiger partial charge in [-0.2, -0.15) is 0 Å². The van der Waals surface area contributed by atoms with E-state index in [1.165, 1.54) is 0 Å². The lowest BCUT2D eigenvalue weighted by molar-refractivity contribution is -0.116. The maximum absolute atomic E-state index is 12.6. The zero-order valence-corrected chi connectivity index (χ0v) is 12.6. The summed E-state index contributed by atoms with van der Waals surface area (Å²) < 4.78 is 0. The third-order valence-electron chi connectivity index (χ3n) is 4.19. The van der Waals surface area contributed by atoms with Gasteiger partial charge < -0.3 is 5.73 Å². The van der Waals surface area contributed by atoms with Crippen molar-refractivity contribution >= 4 is 23.0 Å². The van der Waals surface area contributed by atoms with Crippen LogP contribution in [0.4, 0.5) is 17.1 Å². The Kier molecular flexibility index (Phi) is 3.12. The predicted octanol–water partition coefficient (Wildman–Crippen LogP) is 4.16. The number of hydrogen-bond acceptors (Lipinski definition) is 2. The minimum atomic E-state index is 0.106. The zero-order chi connectivity index (χ0) is 15.8. The van der Waals surface area contributed by atoms with Gasteiger partial charge in [-0.3, -0.25) is 9.69 Å². The molecule has 0 spiro atoms. The summed E-state index contributed by atoms with van der Waals surface area (Å²) >= 11 is 0. The van der Waals surface area contributed by atoms with Gasteiger partial charge in [-0.15, -0.1) is 0 Å². The van der Waals surface area contributed by atoms with Crippen LogP contribution >= 0.6 is 0 Å². The second-order valence-electron chi connectivity index (χ2n) is 5.67. The Morgan fingerprint density at radius 2 is 1.43 bits per heavy atom. The Hall–Kier alpha value is -3.07. The Balaban J connectivity index is 1.88. The van der Waals surface area contributed by atoms with E-state index in [1.54, 1.807) is 0 Å². The summed E-state index contributed by atoms with van der Waals surface area (Å²) in [7, 11) is 0. The van der Waals surface area contributed by atoms with E-state index < -0.39 is 0 Å². The Bertz CT molecular complexity index is 884. The fourth-order valence-electron chi connectivity index (χ4n) is 3.09. The van der Waals surface area contributed by atoms with Crippen molar-refractivity contribution in [3.8, 4) is 11.1 Å². The van der Waals surface area contributed by atoms with Gasteiger partial charge in [0.25, 0.3) is 0 Å². The number of para-hydroxylation sites is 2. The Morgan fingerprint density at radius 3 is 2.22 bits per heavy atom. The first-order valence-electron chi connectivity index (χ1n) is 7.60. The minimum absolute atomic E-state index is 0.106. The van der Waals surface area contributed by atoms with Crippen molar-refractivity contribution in [2.24, 2.45) is 0 Å². The van der Waals surface area contributed by atoms with E-state index in [0.29, 0.717) is 6.42 Å². The first-order chi connectivity index (χ1) is 11.2. The lowest BCUT2D eigenvalue weighted by Gasteiger charge is -2.21. The van der Waals surface area contributed by atoms with Crippen LogP contribution in [0.5, 0.6) is 0 Å². The van der Waals surface area contributed by atoms with E-state index in [2.05, 4.69) is 0 Å². The fraction of sp³-hybridized carbons (Fsp3) is 0.0500. The standard InChI is InChI=1S/C20H16N2O/c21-16-11-9-14(10-12-16)17-6-2-4-8-19(17)22-18-7-3-1-5-15(18)13-20(22)23/h1-12H,13,21H2. The van der Waals surface area contributed by atoms with Gasteiger partial charge in [0.1, 0.15) is 0 Å². The largest absolute Gasteiger partial charge is 0.399 e. The molecular formula is C20H16N2O. The summed E-state index contributed by atoms with van der Waals surface area (Å²) in [5.41, 5.74) is 11.5. The maximum atomic E-state index is 12.6. The van der Waals surface area contributed by atoms with Gasteiger partial charge >= 0.3 is 0 Å². The van der Waals surface area contributed by atoms with E-state index in [1.807, 2.05) is 77.7 Å². The molecule has 1 amide bonds. The van der Waals surface area contributed by atoms with Crippen LogP contribution < -0.4 is 10.6 Å². The van der Waals surface area contributed by atoms with Crippen LogP contribution in [0.25, 0.3) is 11.1 Å². The zero-order valence-electron chi connectivity index (χ0n) is 12.6. The molecule has 2 N–H and O–H groups in total. The highest BCUT2D eigenvalue weighted by atomic mass is 16.2. The van der Waals surface area contributed by atoms with Gasteiger partial charge in [0, 0.05) is 11.3 Å². The summed E-state index contributed by atoms with van der Waals surface area (Å²) in [6.45, 7) is 0.